The first-order valence-electron chi connectivity index (χ1n) is 6.05. The smallest absolute Gasteiger partial charge is 0.248 e. The minimum atomic E-state index is -0.462. The predicted octanol–water partition coefficient (Wildman–Crippen LogP) is 3.50. The molecule has 1 amide bonds. The van der Waals surface area contributed by atoms with E-state index in [4.69, 9.17) is 17.3 Å². The maximum absolute atomic E-state index is 13.2. The molecule has 3 N–H and O–H groups in total. The van der Waals surface area contributed by atoms with Gasteiger partial charge in [-0.1, -0.05) is 11.6 Å². The number of halogens is 2. The summed E-state index contributed by atoms with van der Waals surface area (Å²) >= 11 is 5.80. The number of amides is 1. The molecule has 0 bridgehead atoms. The average Bonchev–Trinajstić information content (AvgIpc) is 2.36. The molecular weight excluding hydrogens is 279 g/mol. The van der Waals surface area contributed by atoms with Gasteiger partial charge in [-0.2, -0.15) is 0 Å². The summed E-state index contributed by atoms with van der Waals surface area (Å²) in [6.07, 6.45) is 0. The molecule has 0 aliphatic heterocycles. The van der Waals surface area contributed by atoms with E-state index in [1.807, 2.05) is 6.92 Å². The van der Waals surface area contributed by atoms with Crippen molar-refractivity contribution in [2.24, 2.45) is 5.73 Å². The Labute approximate surface area is 121 Å². The van der Waals surface area contributed by atoms with E-state index in [1.54, 1.807) is 24.3 Å². The van der Waals surface area contributed by atoms with Crippen molar-refractivity contribution >= 4 is 23.2 Å². The summed E-state index contributed by atoms with van der Waals surface area (Å²) in [6.45, 7) is 2.31. The zero-order valence-electron chi connectivity index (χ0n) is 10.9. The minimum absolute atomic E-state index is 0.364. The first kappa shape index (κ1) is 14.3. The van der Waals surface area contributed by atoms with Crippen LogP contribution in [0.3, 0.4) is 0 Å². The Morgan fingerprint density at radius 2 is 2.05 bits per heavy atom. The molecule has 3 nitrogen and oxygen atoms in total. The summed E-state index contributed by atoms with van der Waals surface area (Å²) in [5, 5.41) is 3.54. The number of hydrogen-bond acceptors (Lipinski definition) is 2. The lowest BCUT2D eigenvalue weighted by Gasteiger charge is -2.11. The Morgan fingerprint density at radius 3 is 2.65 bits per heavy atom. The minimum Gasteiger partial charge on any atom is -0.381 e. The van der Waals surface area contributed by atoms with Crippen LogP contribution >= 0.6 is 11.6 Å². The van der Waals surface area contributed by atoms with Crippen LogP contribution in [-0.4, -0.2) is 5.91 Å². The molecule has 0 aliphatic carbocycles. The summed E-state index contributed by atoms with van der Waals surface area (Å²) in [7, 11) is 0. The molecule has 0 aliphatic rings. The van der Waals surface area contributed by atoms with Gasteiger partial charge in [-0.15, -0.1) is 0 Å². The quantitative estimate of drug-likeness (QED) is 0.906. The van der Waals surface area contributed by atoms with Crippen molar-refractivity contribution in [2.45, 2.75) is 13.5 Å². The predicted molar refractivity (Wildman–Crippen MR) is 78.4 cm³/mol. The Kier molecular flexibility index (Phi) is 4.25. The highest BCUT2D eigenvalue weighted by Gasteiger charge is 2.05. The number of hydrogen-bond donors (Lipinski definition) is 2. The number of rotatable bonds is 4. The lowest BCUT2D eigenvalue weighted by molar-refractivity contribution is 0.1000. The third-order valence-electron chi connectivity index (χ3n) is 2.92. The van der Waals surface area contributed by atoms with Gasteiger partial charge in [0.2, 0.25) is 5.91 Å². The highest BCUT2D eigenvalue weighted by molar-refractivity contribution is 6.30. The second kappa shape index (κ2) is 5.92. The molecule has 0 aromatic heterocycles. The van der Waals surface area contributed by atoms with E-state index >= 15 is 0 Å². The third kappa shape index (κ3) is 3.48. The molecule has 2 aromatic carbocycles. The summed E-state index contributed by atoms with van der Waals surface area (Å²) in [5.74, 6) is -0.827. The molecule has 0 atom stereocenters. The molecule has 0 fully saturated rings. The fourth-order valence-corrected chi connectivity index (χ4v) is 2.17. The highest BCUT2D eigenvalue weighted by Crippen LogP contribution is 2.19. The summed E-state index contributed by atoms with van der Waals surface area (Å²) in [6, 6.07) is 9.52. The van der Waals surface area contributed by atoms with Crippen LogP contribution in [0.1, 0.15) is 21.5 Å². The van der Waals surface area contributed by atoms with Crippen molar-refractivity contribution in [1.29, 1.82) is 0 Å². The second-order valence-electron chi connectivity index (χ2n) is 4.53. The van der Waals surface area contributed by atoms with Crippen molar-refractivity contribution in [3.05, 3.63) is 63.9 Å². The van der Waals surface area contributed by atoms with Gasteiger partial charge >= 0.3 is 0 Å². The molecule has 0 saturated heterocycles. The Bertz CT molecular complexity index is 638. The van der Waals surface area contributed by atoms with Crippen LogP contribution in [0, 0.1) is 12.7 Å². The van der Waals surface area contributed by atoms with E-state index < -0.39 is 5.91 Å². The average molecular weight is 293 g/mol. The summed E-state index contributed by atoms with van der Waals surface area (Å²) in [4.78, 5) is 11.1. The molecule has 0 heterocycles. The van der Waals surface area contributed by atoms with Gasteiger partial charge in [-0.3, -0.25) is 4.79 Å². The van der Waals surface area contributed by atoms with Gasteiger partial charge in [0.05, 0.1) is 0 Å². The first-order valence-corrected chi connectivity index (χ1v) is 6.43. The van der Waals surface area contributed by atoms with Crippen LogP contribution in [0.5, 0.6) is 0 Å². The van der Waals surface area contributed by atoms with Gasteiger partial charge in [-0.05, 0) is 54.4 Å². The van der Waals surface area contributed by atoms with Crippen molar-refractivity contribution in [3.63, 3.8) is 0 Å². The van der Waals surface area contributed by atoms with Crippen LogP contribution in [0.15, 0.2) is 36.4 Å². The number of benzene rings is 2. The fraction of sp³-hybridized carbons (Fsp3) is 0.133. The third-order valence-corrected chi connectivity index (χ3v) is 3.13. The molecule has 0 unspecified atom stereocenters. The van der Waals surface area contributed by atoms with E-state index in [-0.39, 0.29) is 5.82 Å². The van der Waals surface area contributed by atoms with Gasteiger partial charge in [0, 0.05) is 22.8 Å². The van der Waals surface area contributed by atoms with Gasteiger partial charge in [0.15, 0.2) is 0 Å². The number of carbonyl (C=O) groups excluding carboxylic acids is 1. The lowest BCUT2D eigenvalue weighted by atomic mass is 10.1. The normalized spacial score (nSPS) is 10.3. The van der Waals surface area contributed by atoms with Crippen LogP contribution in [-0.2, 0) is 6.54 Å². The molecule has 5 heteroatoms. The molecule has 20 heavy (non-hydrogen) atoms. The van der Waals surface area contributed by atoms with Gasteiger partial charge < -0.3 is 11.1 Å². The van der Waals surface area contributed by atoms with Crippen molar-refractivity contribution in [1.82, 2.24) is 0 Å². The zero-order chi connectivity index (χ0) is 14.7. The Hall–Kier alpha value is -2.07. The van der Waals surface area contributed by atoms with E-state index in [2.05, 4.69) is 5.32 Å². The molecule has 2 aromatic rings. The number of carbonyl (C=O) groups is 1. The maximum atomic E-state index is 13.2. The largest absolute Gasteiger partial charge is 0.381 e. The number of nitrogens with two attached hydrogens (primary N) is 1. The Balaban J connectivity index is 2.12. The summed E-state index contributed by atoms with van der Waals surface area (Å²) in [5.41, 5.74) is 8.17. The number of aryl methyl sites for hydroxylation is 1. The van der Waals surface area contributed by atoms with Crippen LogP contribution < -0.4 is 11.1 Å². The molecule has 2 rings (SSSR count). The molecule has 0 spiro atoms. The van der Waals surface area contributed by atoms with Gasteiger partial charge in [-0.25, -0.2) is 4.39 Å². The van der Waals surface area contributed by atoms with E-state index in [1.165, 1.54) is 12.1 Å². The molecule has 0 saturated carbocycles. The number of nitrogens with one attached hydrogen (secondary N) is 1. The van der Waals surface area contributed by atoms with Crippen molar-refractivity contribution in [3.8, 4) is 0 Å². The lowest BCUT2D eigenvalue weighted by Crippen LogP contribution is -2.11. The standard InChI is InChI=1S/C15H14ClFN2O/c1-9-4-11(15(18)20)2-3-14(9)19-8-10-5-12(16)7-13(17)6-10/h2-7,19H,8H2,1H3,(H2,18,20). The second-order valence-corrected chi connectivity index (χ2v) is 4.96. The zero-order valence-corrected chi connectivity index (χ0v) is 11.7. The molecule has 104 valence electrons. The van der Waals surface area contributed by atoms with Crippen LogP contribution in [0.25, 0.3) is 0 Å². The topological polar surface area (TPSA) is 55.1 Å². The van der Waals surface area contributed by atoms with Crippen molar-refractivity contribution in [2.75, 3.05) is 5.32 Å². The fourth-order valence-electron chi connectivity index (χ4n) is 1.93. The highest BCUT2D eigenvalue weighted by atomic mass is 35.5. The van der Waals surface area contributed by atoms with Gasteiger partial charge in [0.25, 0.3) is 0 Å². The van der Waals surface area contributed by atoms with Gasteiger partial charge in [0.1, 0.15) is 5.82 Å². The Morgan fingerprint density at radius 1 is 1.30 bits per heavy atom. The monoisotopic (exact) mass is 292 g/mol. The maximum Gasteiger partial charge on any atom is 0.248 e. The molecular formula is C15H14ClFN2O. The van der Waals surface area contributed by atoms with E-state index in [0.717, 1.165) is 16.8 Å². The van der Waals surface area contributed by atoms with E-state index in [0.29, 0.717) is 17.1 Å². The summed E-state index contributed by atoms with van der Waals surface area (Å²) < 4.78 is 13.2. The number of anilines is 1. The van der Waals surface area contributed by atoms with E-state index in [9.17, 15) is 9.18 Å². The molecule has 0 radical (unpaired) electrons. The first-order chi connectivity index (χ1) is 9.45. The van der Waals surface area contributed by atoms with Crippen molar-refractivity contribution < 1.29 is 9.18 Å². The van der Waals surface area contributed by atoms with Crippen LogP contribution in [0.4, 0.5) is 10.1 Å². The SMILES string of the molecule is Cc1cc(C(N)=O)ccc1NCc1cc(F)cc(Cl)c1. The van der Waals surface area contributed by atoms with Crippen LogP contribution in [0.2, 0.25) is 5.02 Å². The number of primary amides is 1.